The molecule has 0 aromatic carbocycles. The van der Waals surface area contributed by atoms with Crippen LogP contribution in [-0.2, 0) is 11.3 Å². The zero-order valence-electron chi connectivity index (χ0n) is 14.8. The van der Waals surface area contributed by atoms with Crippen molar-refractivity contribution in [3.63, 3.8) is 0 Å². The monoisotopic (exact) mass is 344 g/mol. The summed E-state index contributed by atoms with van der Waals surface area (Å²) in [7, 11) is 1.59. The second kappa shape index (κ2) is 7.96. The van der Waals surface area contributed by atoms with Gasteiger partial charge in [-0.2, -0.15) is 4.98 Å². The van der Waals surface area contributed by atoms with Crippen molar-refractivity contribution in [3.8, 4) is 5.88 Å². The molecule has 3 heterocycles. The molecule has 3 rings (SSSR count). The van der Waals surface area contributed by atoms with Gasteiger partial charge in [-0.15, -0.1) is 0 Å². The topological polar surface area (TPSA) is 76.4 Å². The smallest absolute Gasteiger partial charge is 0.228 e. The summed E-state index contributed by atoms with van der Waals surface area (Å²) in [6.45, 7) is 5.67. The molecule has 0 spiro atoms. The van der Waals surface area contributed by atoms with Crippen LogP contribution >= 0.6 is 0 Å². The zero-order valence-corrected chi connectivity index (χ0v) is 14.8. The lowest BCUT2D eigenvalue weighted by molar-refractivity contribution is -0.131. The molecule has 1 amide bonds. The van der Waals surface area contributed by atoms with E-state index in [2.05, 4.69) is 24.4 Å². The zero-order chi connectivity index (χ0) is 17.6. The third kappa shape index (κ3) is 4.26. The van der Waals surface area contributed by atoms with Crippen LogP contribution in [-0.4, -0.2) is 63.6 Å². The summed E-state index contributed by atoms with van der Waals surface area (Å²) in [5.41, 5.74) is 0. The SMILES string of the molecule is COc1ccnc(N2CCN(C(=O)CCCn3ccnc3C)CC2)n1. The normalized spacial score (nSPS) is 14.6. The lowest BCUT2D eigenvalue weighted by Crippen LogP contribution is -2.49. The Bertz CT molecular complexity index is 709. The van der Waals surface area contributed by atoms with E-state index in [1.165, 1.54) is 0 Å². The molecule has 1 fully saturated rings. The quantitative estimate of drug-likeness (QED) is 0.782. The van der Waals surface area contributed by atoms with E-state index in [1.807, 2.05) is 18.0 Å². The number of anilines is 1. The molecule has 2 aromatic heterocycles. The fraction of sp³-hybridized carbons (Fsp3) is 0.529. The van der Waals surface area contributed by atoms with Crippen molar-refractivity contribution < 1.29 is 9.53 Å². The summed E-state index contributed by atoms with van der Waals surface area (Å²) in [6.07, 6.45) is 6.82. The molecule has 8 nitrogen and oxygen atoms in total. The van der Waals surface area contributed by atoms with Crippen molar-refractivity contribution in [2.24, 2.45) is 0 Å². The minimum absolute atomic E-state index is 0.212. The van der Waals surface area contributed by atoms with Crippen molar-refractivity contribution in [2.45, 2.75) is 26.3 Å². The number of ether oxygens (including phenoxy) is 1. The Morgan fingerprint density at radius 1 is 1.20 bits per heavy atom. The maximum Gasteiger partial charge on any atom is 0.228 e. The summed E-state index contributed by atoms with van der Waals surface area (Å²) >= 11 is 0. The fourth-order valence-corrected chi connectivity index (χ4v) is 2.95. The van der Waals surface area contributed by atoms with Crippen LogP contribution in [0.25, 0.3) is 0 Å². The van der Waals surface area contributed by atoms with Gasteiger partial charge in [0.1, 0.15) is 5.82 Å². The van der Waals surface area contributed by atoms with Crippen molar-refractivity contribution in [2.75, 3.05) is 38.2 Å². The van der Waals surface area contributed by atoms with E-state index in [-0.39, 0.29) is 5.91 Å². The number of hydrogen-bond acceptors (Lipinski definition) is 6. The molecule has 0 aliphatic carbocycles. The van der Waals surface area contributed by atoms with Gasteiger partial charge in [-0.1, -0.05) is 0 Å². The molecular weight excluding hydrogens is 320 g/mol. The minimum atomic E-state index is 0.212. The molecule has 134 valence electrons. The van der Waals surface area contributed by atoms with E-state index in [9.17, 15) is 4.79 Å². The molecule has 0 radical (unpaired) electrons. The number of aryl methyl sites for hydroxylation is 2. The fourth-order valence-electron chi connectivity index (χ4n) is 2.95. The number of carbonyl (C=O) groups is 1. The molecule has 0 bridgehead atoms. The second-order valence-electron chi connectivity index (χ2n) is 6.04. The van der Waals surface area contributed by atoms with E-state index in [1.54, 1.807) is 25.6 Å². The van der Waals surface area contributed by atoms with Crippen molar-refractivity contribution in [1.29, 1.82) is 0 Å². The number of carbonyl (C=O) groups excluding carboxylic acids is 1. The number of aromatic nitrogens is 4. The largest absolute Gasteiger partial charge is 0.481 e. The maximum absolute atomic E-state index is 12.4. The predicted octanol–water partition coefficient (Wildman–Crippen LogP) is 1.12. The van der Waals surface area contributed by atoms with Gasteiger partial charge in [0, 0.05) is 63.8 Å². The van der Waals surface area contributed by atoms with Crippen molar-refractivity contribution in [1.82, 2.24) is 24.4 Å². The van der Waals surface area contributed by atoms with Crippen molar-refractivity contribution in [3.05, 3.63) is 30.5 Å². The third-order valence-electron chi connectivity index (χ3n) is 4.45. The molecule has 2 aromatic rings. The molecule has 1 saturated heterocycles. The molecule has 0 unspecified atom stereocenters. The van der Waals surface area contributed by atoms with Crippen LogP contribution in [0.1, 0.15) is 18.7 Å². The Kier molecular flexibility index (Phi) is 5.47. The Labute approximate surface area is 147 Å². The summed E-state index contributed by atoms with van der Waals surface area (Å²) in [4.78, 5) is 29.2. The average Bonchev–Trinajstić information content (AvgIpc) is 3.07. The first-order chi connectivity index (χ1) is 12.2. The van der Waals surface area contributed by atoms with E-state index in [4.69, 9.17) is 4.74 Å². The third-order valence-corrected chi connectivity index (χ3v) is 4.45. The number of hydrogen-bond donors (Lipinski definition) is 0. The van der Waals surface area contributed by atoms with Crippen LogP contribution in [0.2, 0.25) is 0 Å². The van der Waals surface area contributed by atoms with E-state index < -0.39 is 0 Å². The first-order valence-electron chi connectivity index (χ1n) is 8.55. The van der Waals surface area contributed by atoms with Crippen LogP contribution in [0, 0.1) is 6.92 Å². The van der Waals surface area contributed by atoms with Gasteiger partial charge in [0.25, 0.3) is 0 Å². The van der Waals surface area contributed by atoms with E-state index >= 15 is 0 Å². The average molecular weight is 344 g/mol. The molecule has 1 aliphatic rings. The number of nitrogens with zero attached hydrogens (tertiary/aromatic N) is 6. The van der Waals surface area contributed by atoms with Gasteiger partial charge in [-0.05, 0) is 13.3 Å². The predicted molar refractivity (Wildman–Crippen MR) is 93.6 cm³/mol. The van der Waals surface area contributed by atoms with Gasteiger partial charge in [0.05, 0.1) is 7.11 Å². The summed E-state index contributed by atoms with van der Waals surface area (Å²) in [5.74, 6) is 2.41. The Hall–Kier alpha value is -2.64. The number of methoxy groups -OCH3 is 1. The Morgan fingerprint density at radius 3 is 2.68 bits per heavy atom. The standard InChI is InChI=1S/C17H24N6O2/c1-14-18-7-9-21(14)8-3-4-16(24)22-10-12-23(13-11-22)17-19-6-5-15(20-17)25-2/h5-7,9H,3-4,8,10-13H2,1-2H3. The number of imidazole rings is 1. The molecule has 0 atom stereocenters. The van der Waals surface area contributed by atoms with Crippen LogP contribution in [0.15, 0.2) is 24.7 Å². The van der Waals surface area contributed by atoms with Gasteiger partial charge < -0.3 is 19.1 Å². The Morgan fingerprint density at radius 2 is 2.00 bits per heavy atom. The van der Waals surface area contributed by atoms with Gasteiger partial charge in [0.15, 0.2) is 0 Å². The molecule has 8 heteroatoms. The van der Waals surface area contributed by atoms with E-state index in [0.29, 0.717) is 31.3 Å². The van der Waals surface area contributed by atoms with Crippen LogP contribution < -0.4 is 9.64 Å². The highest BCUT2D eigenvalue weighted by Crippen LogP contribution is 2.15. The minimum Gasteiger partial charge on any atom is -0.481 e. The molecular formula is C17H24N6O2. The number of amides is 1. The number of piperazine rings is 1. The lowest BCUT2D eigenvalue weighted by atomic mass is 10.2. The maximum atomic E-state index is 12.4. The van der Waals surface area contributed by atoms with Gasteiger partial charge in [-0.25, -0.2) is 9.97 Å². The number of rotatable bonds is 6. The highest BCUT2D eigenvalue weighted by Gasteiger charge is 2.22. The van der Waals surface area contributed by atoms with Crippen LogP contribution in [0.4, 0.5) is 5.95 Å². The molecule has 25 heavy (non-hydrogen) atoms. The van der Waals surface area contributed by atoms with E-state index in [0.717, 1.165) is 31.9 Å². The van der Waals surface area contributed by atoms with Crippen LogP contribution in [0.3, 0.4) is 0 Å². The lowest BCUT2D eigenvalue weighted by Gasteiger charge is -2.34. The molecule has 0 N–H and O–H groups in total. The Balaban J connectivity index is 1.45. The molecule has 0 saturated carbocycles. The van der Waals surface area contributed by atoms with Gasteiger partial charge >= 0.3 is 0 Å². The van der Waals surface area contributed by atoms with Gasteiger partial charge in [-0.3, -0.25) is 4.79 Å². The highest BCUT2D eigenvalue weighted by molar-refractivity contribution is 5.76. The summed E-state index contributed by atoms with van der Waals surface area (Å²) in [5, 5.41) is 0. The first kappa shape index (κ1) is 17.2. The highest BCUT2D eigenvalue weighted by atomic mass is 16.5. The van der Waals surface area contributed by atoms with Gasteiger partial charge in [0.2, 0.25) is 17.7 Å². The summed E-state index contributed by atoms with van der Waals surface area (Å²) < 4.78 is 7.21. The first-order valence-corrected chi connectivity index (χ1v) is 8.55. The van der Waals surface area contributed by atoms with Crippen molar-refractivity contribution >= 4 is 11.9 Å². The summed E-state index contributed by atoms with van der Waals surface area (Å²) in [6, 6.07) is 1.73. The molecule has 1 aliphatic heterocycles. The second-order valence-corrected chi connectivity index (χ2v) is 6.04. The van der Waals surface area contributed by atoms with Crippen LogP contribution in [0.5, 0.6) is 5.88 Å².